The highest BCUT2D eigenvalue weighted by Crippen LogP contribution is 2.27. The lowest BCUT2D eigenvalue weighted by molar-refractivity contribution is -0.131. The Labute approximate surface area is 111 Å². The van der Waals surface area contributed by atoms with E-state index in [-0.39, 0.29) is 0 Å². The summed E-state index contributed by atoms with van der Waals surface area (Å²) in [5.74, 6) is 1.21. The van der Waals surface area contributed by atoms with E-state index in [1.54, 1.807) is 0 Å². The number of amides is 1. The van der Waals surface area contributed by atoms with E-state index in [1.165, 1.54) is 32.1 Å². The molecule has 0 aromatic rings. The maximum Gasteiger partial charge on any atom is 0.222 e. The Kier molecular flexibility index (Phi) is 5.48. The van der Waals surface area contributed by atoms with Crippen LogP contribution in [0.15, 0.2) is 0 Å². The highest BCUT2D eigenvalue weighted by Gasteiger charge is 2.20. The predicted molar refractivity (Wildman–Crippen MR) is 74.5 cm³/mol. The van der Waals surface area contributed by atoms with E-state index in [0.29, 0.717) is 11.9 Å². The normalized spacial score (nSPS) is 26.9. The summed E-state index contributed by atoms with van der Waals surface area (Å²) in [6.45, 7) is 5.06. The Morgan fingerprint density at radius 2 is 2.00 bits per heavy atom. The summed E-state index contributed by atoms with van der Waals surface area (Å²) in [5, 5.41) is 3.44. The van der Waals surface area contributed by atoms with Crippen molar-refractivity contribution in [3.8, 4) is 0 Å². The third kappa shape index (κ3) is 4.27. The number of carbonyl (C=O) groups is 1. The van der Waals surface area contributed by atoms with E-state index in [9.17, 15) is 4.79 Å². The first kappa shape index (κ1) is 13.9. The molecule has 1 aliphatic heterocycles. The molecule has 3 nitrogen and oxygen atoms in total. The number of nitrogens with zero attached hydrogens (tertiary/aromatic N) is 1. The van der Waals surface area contributed by atoms with E-state index in [0.717, 1.165) is 44.8 Å². The second-order valence-electron chi connectivity index (χ2n) is 6.09. The largest absolute Gasteiger partial charge is 0.341 e. The average Bonchev–Trinajstić information content (AvgIpc) is 2.62. The summed E-state index contributed by atoms with van der Waals surface area (Å²) in [4.78, 5) is 14.3. The van der Waals surface area contributed by atoms with Crippen LogP contribution in [0.1, 0.15) is 58.3 Å². The average molecular weight is 252 g/mol. The Bertz CT molecular complexity index is 261. The fourth-order valence-corrected chi connectivity index (χ4v) is 3.29. The van der Waals surface area contributed by atoms with Crippen LogP contribution in [-0.2, 0) is 4.79 Å². The molecule has 0 radical (unpaired) electrons. The number of rotatable bonds is 3. The second kappa shape index (κ2) is 7.13. The Morgan fingerprint density at radius 3 is 2.78 bits per heavy atom. The smallest absolute Gasteiger partial charge is 0.222 e. The van der Waals surface area contributed by atoms with Gasteiger partial charge in [-0.2, -0.15) is 0 Å². The van der Waals surface area contributed by atoms with Crippen molar-refractivity contribution in [3.05, 3.63) is 0 Å². The molecule has 1 atom stereocenters. The van der Waals surface area contributed by atoms with Crippen LogP contribution in [0, 0.1) is 5.92 Å². The first-order chi connectivity index (χ1) is 8.75. The standard InChI is InChI=1S/C15H28N2O/c1-13-12-17(11-5-10-16-13)15(18)9-8-14-6-3-2-4-7-14/h13-14,16H,2-12H2,1H3. The van der Waals surface area contributed by atoms with Gasteiger partial charge >= 0.3 is 0 Å². The van der Waals surface area contributed by atoms with Gasteiger partial charge in [0, 0.05) is 25.6 Å². The first-order valence-corrected chi connectivity index (χ1v) is 7.77. The molecule has 0 spiro atoms. The van der Waals surface area contributed by atoms with E-state index < -0.39 is 0 Å². The van der Waals surface area contributed by atoms with Crippen molar-refractivity contribution in [3.63, 3.8) is 0 Å². The van der Waals surface area contributed by atoms with Crippen molar-refractivity contribution in [2.24, 2.45) is 5.92 Å². The molecule has 1 saturated carbocycles. The van der Waals surface area contributed by atoms with Gasteiger partial charge in [-0.05, 0) is 32.2 Å². The Morgan fingerprint density at radius 1 is 1.22 bits per heavy atom. The molecule has 0 aromatic carbocycles. The van der Waals surface area contributed by atoms with Gasteiger partial charge in [-0.25, -0.2) is 0 Å². The van der Waals surface area contributed by atoms with Crippen LogP contribution >= 0.6 is 0 Å². The molecule has 2 rings (SSSR count). The second-order valence-corrected chi connectivity index (χ2v) is 6.09. The molecule has 1 amide bonds. The quantitative estimate of drug-likeness (QED) is 0.837. The third-order valence-electron chi connectivity index (χ3n) is 4.44. The molecular formula is C15H28N2O. The number of hydrogen-bond acceptors (Lipinski definition) is 2. The van der Waals surface area contributed by atoms with Gasteiger partial charge < -0.3 is 10.2 Å². The molecule has 18 heavy (non-hydrogen) atoms. The zero-order chi connectivity index (χ0) is 12.8. The van der Waals surface area contributed by atoms with Gasteiger partial charge in [0.2, 0.25) is 5.91 Å². The zero-order valence-electron chi connectivity index (χ0n) is 11.8. The molecule has 1 saturated heterocycles. The molecule has 2 aliphatic rings. The lowest BCUT2D eigenvalue weighted by Crippen LogP contribution is -2.39. The van der Waals surface area contributed by atoms with Gasteiger partial charge in [-0.1, -0.05) is 32.1 Å². The Hall–Kier alpha value is -0.570. The van der Waals surface area contributed by atoms with Gasteiger partial charge in [-0.15, -0.1) is 0 Å². The highest BCUT2D eigenvalue weighted by atomic mass is 16.2. The van der Waals surface area contributed by atoms with Gasteiger partial charge in [0.25, 0.3) is 0 Å². The van der Waals surface area contributed by atoms with Gasteiger partial charge in [0.1, 0.15) is 0 Å². The zero-order valence-corrected chi connectivity index (χ0v) is 11.8. The van der Waals surface area contributed by atoms with Crippen molar-refractivity contribution in [2.75, 3.05) is 19.6 Å². The van der Waals surface area contributed by atoms with Crippen molar-refractivity contribution >= 4 is 5.91 Å². The monoisotopic (exact) mass is 252 g/mol. The molecule has 104 valence electrons. The third-order valence-corrected chi connectivity index (χ3v) is 4.44. The molecule has 0 bridgehead atoms. The first-order valence-electron chi connectivity index (χ1n) is 7.77. The van der Waals surface area contributed by atoms with Crippen LogP contribution in [-0.4, -0.2) is 36.5 Å². The minimum Gasteiger partial charge on any atom is -0.341 e. The summed E-state index contributed by atoms with van der Waals surface area (Å²) in [7, 11) is 0. The van der Waals surface area contributed by atoms with Crippen molar-refractivity contribution in [2.45, 2.75) is 64.3 Å². The molecule has 1 heterocycles. The number of carbonyl (C=O) groups excluding carboxylic acids is 1. The van der Waals surface area contributed by atoms with Gasteiger partial charge in [0.15, 0.2) is 0 Å². The molecule has 1 aliphatic carbocycles. The lowest BCUT2D eigenvalue weighted by Gasteiger charge is -2.25. The molecule has 1 N–H and O–H groups in total. The van der Waals surface area contributed by atoms with Crippen LogP contribution in [0.2, 0.25) is 0 Å². The summed E-state index contributed by atoms with van der Waals surface area (Å²) in [6.07, 6.45) is 9.86. The van der Waals surface area contributed by atoms with Crippen LogP contribution in [0.5, 0.6) is 0 Å². The molecule has 0 aromatic heterocycles. The molecule has 2 fully saturated rings. The fraction of sp³-hybridized carbons (Fsp3) is 0.933. The van der Waals surface area contributed by atoms with Crippen molar-refractivity contribution in [1.29, 1.82) is 0 Å². The van der Waals surface area contributed by atoms with Crippen LogP contribution in [0.25, 0.3) is 0 Å². The number of hydrogen-bond donors (Lipinski definition) is 1. The summed E-state index contributed by atoms with van der Waals surface area (Å²) in [6, 6.07) is 0.450. The van der Waals surface area contributed by atoms with Gasteiger partial charge in [0.05, 0.1) is 0 Å². The topological polar surface area (TPSA) is 32.3 Å². The van der Waals surface area contributed by atoms with Crippen LogP contribution < -0.4 is 5.32 Å². The maximum absolute atomic E-state index is 12.2. The minimum atomic E-state index is 0.385. The van der Waals surface area contributed by atoms with Crippen molar-refractivity contribution < 1.29 is 4.79 Å². The lowest BCUT2D eigenvalue weighted by atomic mass is 9.86. The molecule has 1 unspecified atom stereocenters. The summed E-state index contributed by atoms with van der Waals surface area (Å²) >= 11 is 0. The minimum absolute atomic E-state index is 0.385. The maximum atomic E-state index is 12.2. The molecule has 3 heteroatoms. The summed E-state index contributed by atoms with van der Waals surface area (Å²) in [5.41, 5.74) is 0. The van der Waals surface area contributed by atoms with E-state index >= 15 is 0 Å². The van der Waals surface area contributed by atoms with E-state index in [1.807, 2.05) is 0 Å². The van der Waals surface area contributed by atoms with E-state index in [4.69, 9.17) is 0 Å². The fourth-order valence-electron chi connectivity index (χ4n) is 3.29. The summed E-state index contributed by atoms with van der Waals surface area (Å²) < 4.78 is 0. The van der Waals surface area contributed by atoms with E-state index in [2.05, 4.69) is 17.1 Å². The van der Waals surface area contributed by atoms with Crippen molar-refractivity contribution in [1.82, 2.24) is 10.2 Å². The molecular weight excluding hydrogens is 224 g/mol. The SMILES string of the molecule is CC1CN(C(=O)CCC2CCCCC2)CCCN1. The van der Waals surface area contributed by atoms with Gasteiger partial charge in [-0.3, -0.25) is 4.79 Å². The Balaban J connectivity index is 1.72. The van der Waals surface area contributed by atoms with Crippen LogP contribution in [0.3, 0.4) is 0 Å². The van der Waals surface area contributed by atoms with Crippen LogP contribution in [0.4, 0.5) is 0 Å². The number of nitrogens with one attached hydrogen (secondary N) is 1. The highest BCUT2D eigenvalue weighted by molar-refractivity contribution is 5.76. The predicted octanol–water partition coefficient (Wildman–Crippen LogP) is 2.56.